The Hall–Kier alpha value is -1.40. The first kappa shape index (κ1) is 13.6. The molecule has 1 N–H and O–H groups in total. The summed E-state index contributed by atoms with van der Waals surface area (Å²) in [4.78, 5) is 10.6. The lowest BCUT2D eigenvalue weighted by Gasteiger charge is -2.35. The van der Waals surface area contributed by atoms with E-state index in [4.69, 9.17) is 11.6 Å². The zero-order valence-electron chi connectivity index (χ0n) is 11.6. The van der Waals surface area contributed by atoms with Crippen LogP contribution in [-0.2, 0) is 0 Å². The van der Waals surface area contributed by atoms with Gasteiger partial charge in [0.15, 0.2) is 0 Å². The second kappa shape index (κ2) is 5.18. The summed E-state index contributed by atoms with van der Waals surface area (Å²) in [6.07, 6.45) is 3.18. The highest BCUT2D eigenvalue weighted by Crippen LogP contribution is 2.30. The monoisotopic (exact) mass is 295 g/mol. The maximum absolute atomic E-state index is 9.69. The Bertz CT molecular complexity index is 618. The highest BCUT2D eigenvalue weighted by molar-refractivity contribution is 6.30. The molecule has 0 spiro atoms. The van der Waals surface area contributed by atoms with Gasteiger partial charge in [-0.15, -0.1) is 0 Å². The molecule has 0 aromatic carbocycles. The number of anilines is 1. The molecule has 108 valence electrons. The lowest BCUT2D eigenvalue weighted by atomic mass is 9.92. The molecule has 20 heavy (non-hydrogen) atoms. The Labute approximate surface area is 122 Å². The molecule has 2 aromatic heterocycles. The quantitative estimate of drug-likeness (QED) is 0.854. The molecule has 6 nitrogen and oxygen atoms in total. The predicted molar refractivity (Wildman–Crippen MR) is 77.1 cm³/mol. The number of hydrogen-bond donors (Lipinski definition) is 1. The molecule has 1 fully saturated rings. The van der Waals surface area contributed by atoms with Gasteiger partial charge in [0.05, 0.1) is 6.10 Å². The number of nitrogens with zero attached hydrogens (tertiary/aromatic N) is 5. The molecular weight excluding hydrogens is 278 g/mol. The van der Waals surface area contributed by atoms with Gasteiger partial charge in [-0.3, -0.25) is 0 Å². The average molecular weight is 296 g/mol. The third-order valence-electron chi connectivity index (χ3n) is 4.09. The first-order valence-electron chi connectivity index (χ1n) is 6.86. The summed E-state index contributed by atoms with van der Waals surface area (Å²) in [5, 5.41) is 14.4. The van der Waals surface area contributed by atoms with E-state index < -0.39 is 0 Å². The summed E-state index contributed by atoms with van der Waals surface area (Å²) in [6, 6.07) is 0. The number of fused-ring (bicyclic) bond motifs is 1. The molecule has 1 unspecified atom stereocenters. The lowest BCUT2D eigenvalue weighted by Crippen LogP contribution is -2.38. The molecule has 1 saturated heterocycles. The van der Waals surface area contributed by atoms with Crippen LogP contribution in [0.5, 0.6) is 0 Å². The van der Waals surface area contributed by atoms with E-state index in [9.17, 15) is 5.11 Å². The molecule has 2 aromatic rings. The van der Waals surface area contributed by atoms with E-state index >= 15 is 0 Å². The van der Waals surface area contributed by atoms with Crippen LogP contribution >= 0.6 is 11.6 Å². The van der Waals surface area contributed by atoms with E-state index in [0.717, 1.165) is 37.3 Å². The summed E-state index contributed by atoms with van der Waals surface area (Å²) < 4.78 is 1.74. The highest BCUT2D eigenvalue weighted by Gasteiger charge is 2.26. The van der Waals surface area contributed by atoms with Crippen molar-refractivity contribution in [2.24, 2.45) is 5.92 Å². The fraction of sp³-hybridized carbons (Fsp3) is 0.615. The number of hydrogen-bond acceptors (Lipinski definition) is 5. The summed E-state index contributed by atoms with van der Waals surface area (Å²) in [5.41, 5.74) is 0.917. The normalized spacial score (nSPS) is 18.7. The third-order valence-corrected chi connectivity index (χ3v) is 4.46. The fourth-order valence-electron chi connectivity index (χ4n) is 2.85. The smallest absolute Gasteiger partial charge is 0.255 e. The van der Waals surface area contributed by atoms with E-state index in [2.05, 4.69) is 20.0 Å². The van der Waals surface area contributed by atoms with Crippen molar-refractivity contribution < 1.29 is 5.11 Å². The van der Waals surface area contributed by atoms with Crippen LogP contribution in [0.25, 0.3) is 5.78 Å². The van der Waals surface area contributed by atoms with Crippen molar-refractivity contribution in [1.29, 1.82) is 0 Å². The first-order valence-corrected chi connectivity index (χ1v) is 7.24. The topological polar surface area (TPSA) is 66.5 Å². The standard InChI is InChI=1S/C13H18ClN5O/c1-8-11(14)17-13-15-7-16-19(13)12(8)18-5-3-10(4-6-18)9(2)20/h7,9-10,20H,3-6H2,1-2H3. The summed E-state index contributed by atoms with van der Waals surface area (Å²) in [7, 11) is 0. The van der Waals surface area contributed by atoms with Gasteiger partial charge in [0.2, 0.25) is 0 Å². The minimum absolute atomic E-state index is 0.245. The molecule has 3 rings (SSSR count). The van der Waals surface area contributed by atoms with Gasteiger partial charge < -0.3 is 10.0 Å². The van der Waals surface area contributed by atoms with Crippen LogP contribution in [0, 0.1) is 12.8 Å². The molecule has 1 aliphatic rings. The second-order valence-electron chi connectivity index (χ2n) is 5.39. The SMILES string of the molecule is Cc1c(Cl)nc2ncnn2c1N1CCC(C(C)O)CC1. The molecule has 1 atom stereocenters. The van der Waals surface area contributed by atoms with Gasteiger partial charge in [-0.1, -0.05) is 11.6 Å². The molecule has 3 heterocycles. The lowest BCUT2D eigenvalue weighted by molar-refractivity contribution is 0.109. The third kappa shape index (κ3) is 2.23. The molecular formula is C13H18ClN5O. The largest absolute Gasteiger partial charge is 0.393 e. The van der Waals surface area contributed by atoms with Gasteiger partial charge in [0.1, 0.15) is 17.3 Å². The van der Waals surface area contributed by atoms with E-state index in [0.29, 0.717) is 16.8 Å². The van der Waals surface area contributed by atoms with Crippen molar-refractivity contribution in [3.05, 3.63) is 17.0 Å². The molecule has 7 heteroatoms. The van der Waals surface area contributed by atoms with Crippen molar-refractivity contribution in [1.82, 2.24) is 19.6 Å². The number of halogens is 1. The Kier molecular flexibility index (Phi) is 3.52. The Morgan fingerprint density at radius 3 is 2.75 bits per heavy atom. The first-order chi connectivity index (χ1) is 9.58. The van der Waals surface area contributed by atoms with Crippen molar-refractivity contribution in [2.45, 2.75) is 32.8 Å². The van der Waals surface area contributed by atoms with Gasteiger partial charge in [-0.2, -0.15) is 19.6 Å². The summed E-state index contributed by atoms with van der Waals surface area (Å²) >= 11 is 6.19. The Morgan fingerprint density at radius 1 is 1.40 bits per heavy atom. The van der Waals surface area contributed by atoms with Gasteiger partial charge in [0.25, 0.3) is 5.78 Å². The Balaban J connectivity index is 1.95. The average Bonchev–Trinajstić information content (AvgIpc) is 2.88. The number of aromatic nitrogens is 4. The van der Waals surface area contributed by atoms with Gasteiger partial charge in [0, 0.05) is 18.7 Å². The van der Waals surface area contributed by atoms with Crippen LogP contribution in [0.3, 0.4) is 0 Å². The van der Waals surface area contributed by atoms with E-state index in [-0.39, 0.29) is 6.10 Å². The van der Waals surface area contributed by atoms with Crippen molar-refractivity contribution in [3.8, 4) is 0 Å². The van der Waals surface area contributed by atoms with Crippen molar-refractivity contribution >= 4 is 23.2 Å². The van der Waals surface area contributed by atoms with Gasteiger partial charge >= 0.3 is 0 Å². The highest BCUT2D eigenvalue weighted by atomic mass is 35.5. The Morgan fingerprint density at radius 2 is 2.10 bits per heavy atom. The molecule has 0 radical (unpaired) electrons. The zero-order valence-corrected chi connectivity index (χ0v) is 12.4. The molecule has 0 aliphatic carbocycles. The molecule has 0 amide bonds. The van der Waals surface area contributed by atoms with E-state index in [1.807, 2.05) is 13.8 Å². The number of aliphatic hydroxyl groups is 1. The van der Waals surface area contributed by atoms with Crippen molar-refractivity contribution in [2.75, 3.05) is 18.0 Å². The number of aliphatic hydroxyl groups excluding tert-OH is 1. The summed E-state index contributed by atoms with van der Waals surface area (Å²) in [5.74, 6) is 1.85. The minimum Gasteiger partial charge on any atom is -0.393 e. The number of rotatable bonds is 2. The minimum atomic E-state index is -0.245. The van der Waals surface area contributed by atoms with E-state index in [1.165, 1.54) is 6.33 Å². The van der Waals surface area contributed by atoms with Crippen LogP contribution in [0.15, 0.2) is 6.33 Å². The summed E-state index contributed by atoms with van der Waals surface area (Å²) in [6.45, 7) is 5.58. The van der Waals surface area contributed by atoms with Crippen LogP contribution in [0.2, 0.25) is 5.15 Å². The number of piperidine rings is 1. The fourth-order valence-corrected chi connectivity index (χ4v) is 3.01. The van der Waals surface area contributed by atoms with Gasteiger partial charge in [-0.25, -0.2) is 0 Å². The molecule has 1 aliphatic heterocycles. The maximum atomic E-state index is 9.69. The maximum Gasteiger partial charge on any atom is 0.255 e. The van der Waals surface area contributed by atoms with Crippen LogP contribution in [-0.4, -0.2) is 43.9 Å². The van der Waals surface area contributed by atoms with Crippen LogP contribution < -0.4 is 4.90 Å². The molecule has 0 bridgehead atoms. The second-order valence-corrected chi connectivity index (χ2v) is 5.75. The van der Waals surface area contributed by atoms with Crippen molar-refractivity contribution in [3.63, 3.8) is 0 Å². The predicted octanol–water partition coefficient (Wildman–Crippen LogP) is 1.68. The van der Waals surface area contributed by atoms with E-state index in [1.54, 1.807) is 4.52 Å². The zero-order chi connectivity index (χ0) is 14.3. The molecule has 0 saturated carbocycles. The van der Waals surface area contributed by atoms with Crippen LogP contribution in [0.4, 0.5) is 5.82 Å². The van der Waals surface area contributed by atoms with Gasteiger partial charge in [-0.05, 0) is 32.6 Å². The van der Waals surface area contributed by atoms with Crippen LogP contribution in [0.1, 0.15) is 25.3 Å².